The second-order valence-electron chi connectivity index (χ2n) is 4.29. The molecule has 0 bridgehead atoms. The van der Waals surface area contributed by atoms with Gasteiger partial charge in [0.15, 0.2) is 11.5 Å². The number of H-pyrrole nitrogens is 1. The quantitative estimate of drug-likeness (QED) is 0.672. The lowest BCUT2D eigenvalue weighted by molar-refractivity contribution is 0.310. The van der Waals surface area contributed by atoms with Gasteiger partial charge in [-0.2, -0.15) is 14.9 Å². The number of nitrogens with one attached hydrogen (secondary N) is 1. The molecule has 0 radical (unpaired) electrons. The van der Waals surface area contributed by atoms with E-state index in [9.17, 15) is 4.79 Å². The Morgan fingerprint density at radius 1 is 1.50 bits per heavy atom. The van der Waals surface area contributed by atoms with Crippen molar-refractivity contribution in [2.75, 3.05) is 13.7 Å². The summed E-state index contributed by atoms with van der Waals surface area (Å²) in [5, 5.41) is 10.5. The van der Waals surface area contributed by atoms with Gasteiger partial charge in [-0.15, -0.1) is 0 Å². The first-order valence-corrected chi connectivity index (χ1v) is 7.01. The third-order valence-electron chi connectivity index (χ3n) is 2.84. The lowest BCUT2D eigenvalue weighted by Crippen LogP contribution is -2.22. The first-order chi connectivity index (χ1) is 10.6. The predicted octanol–water partition coefficient (Wildman–Crippen LogP) is 1.90. The summed E-state index contributed by atoms with van der Waals surface area (Å²) in [5.41, 5.74) is 0.583. The molecule has 2 rings (SSSR count). The second-order valence-corrected chi connectivity index (χ2v) is 4.67. The van der Waals surface area contributed by atoms with E-state index in [1.54, 1.807) is 20.1 Å². The number of aryl methyl sites for hydroxylation is 1. The van der Waals surface area contributed by atoms with E-state index in [0.29, 0.717) is 23.7 Å². The van der Waals surface area contributed by atoms with Crippen molar-refractivity contribution in [1.29, 1.82) is 0 Å². The standard InChI is InChI=1S/C14H16N4O3S/c1-4-21-12-10(6-5-7-11(12)20-3)8-15-18-13(19)9(2)16-17-14(18)22/h5-8H,4H2,1-3H3,(H,17,22)/b15-8+. The number of benzene rings is 1. The number of rotatable bonds is 5. The summed E-state index contributed by atoms with van der Waals surface area (Å²) in [6.45, 7) is 3.94. The molecule has 1 aromatic heterocycles. The topological polar surface area (TPSA) is 81.5 Å². The Balaban J connectivity index is 2.50. The van der Waals surface area contributed by atoms with Crippen LogP contribution in [0.25, 0.3) is 0 Å². The molecule has 7 nitrogen and oxygen atoms in total. The van der Waals surface area contributed by atoms with Gasteiger partial charge in [-0.3, -0.25) is 9.89 Å². The highest BCUT2D eigenvalue weighted by Gasteiger charge is 2.09. The maximum absolute atomic E-state index is 12.0. The zero-order chi connectivity index (χ0) is 16.1. The molecule has 22 heavy (non-hydrogen) atoms. The third-order valence-corrected chi connectivity index (χ3v) is 3.11. The Morgan fingerprint density at radius 2 is 2.27 bits per heavy atom. The molecule has 2 aromatic rings. The highest BCUT2D eigenvalue weighted by atomic mass is 32.1. The van der Waals surface area contributed by atoms with E-state index >= 15 is 0 Å². The summed E-state index contributed by atoms with van der Waals surface area (Å²) >= 11 is 5.02. The molecule has 0 aliphatic rings. The maximum Gasteiger partial charge on any atom is 0.296 e. The molecule has 1 heterocycles. The van der Waals surface area contributed by atoms with Crippen LogP contribution in [0, 0.1) is 11.7 Å². The van der Waals surface area contributed by atoms with E-state index in [1.165, 1.54) is 6.21 Å². The summed E-state index contributed by atoms with van der Waals surface area (Å²) in [6.07, 6.45) is 1.50. The van der Waals surface area contributed by atoms with Crippen LogP contribution in [0.4, 0.5) is 0 Å². The molecular weight excluding hydrogens is 304 g/mol. The van der Waals surface area contributed by atoms with Gasteiger partial charge >= 0.3 is 0 Å². The van der Waals surface area contributed by atoms with Crippen LogP contribution in [0.2, 0.25) is 0 Å². The van der Waals surface area contributed by atoms with Gasteiger partial charge in [-0.25, -0.2) is 0 Å². The van der Waals surface area contributed by atoms with E-state index in [4.69, 9.17) is 21.7 Å². The van der Waals surface area contributed by atoms with Crippen molar-refractivity contribution in [1.82, 2.24) is 14.9 Å². The number of hydrogen-bond acceptors (Lipinski definition) is 6. The van der Waals surface area contributed by atoms with E-state index in [-0.39, 0.29) is 16.0 Å². The molecule has 0 aliphatic heterocycles. The second kappa shape index (κ2) is 6.99. The van der Waals surface area contributed by atoms with Gasteiger partial charge in [0.25, 0.3) is 5.56 Å². The van der Waals surface area contributed by atoms with Crippen LogP contribution in [0.15, 0.2) is 28.1 Å². The van der Waals surface area contributed by atoms with Crippen molar-refractivity contribution in [3.8, 4) is 11.5 Å². The smallest absolute Gasteiger partial charge is 0.296 e. The SMILES string of the molecule is CCOc1c(/C=N/n2c(=S)[nH]nc(C)c2=O)cccc1OC. The number of hydrogen-bond donors (Lipinski definition) is 1. The number of nitrogens with zero attached hydrogens (tertiary/aromatic N) is 3. The zero-order valence-electron chi connectivity index (χ0n) is 12.5. The van der Waals surface area contributed by atoms with Crippen LogP contribution in [0.3, 0.4) is 0 Å². The fourth-order valence-corrected chi connectivity index (χ4v) is 1.97. The summed E-state index contributed by atoms with van der Waals surface area (Å²) in [6, 6.07) is 5.41. The molecule has 0 aliphatic carbocycles. The lowest BCUT2D eigenvalue weighted by Gasteiger charge is -2.11. The number of methoxy groups -OCH3 is 1. The molecule has 0 spiro atoms. The van der Waals surface area contributed by atoms with Crippen LogP contribution in [-0.4, -0.2) is 34.8 Å². The predicted molar refractivity (Wildman–Crippen MR) is 85.6 cm³/mol. The number of aromatic amines is 1. The first-order valence-electron chi connectivity index (χ1n) is 6.61. The van der Waals surface area contributed by atoms with Crippen molar-refractivity contribution in [3.63, 3.8) is 0 Å². The van der Waals surface area contributed by atoms with Crippen LogP contribution in [0.5, 0.6) is 11.5 Å². The fourth-order valence-electron chi connectivity index (χ4n) is 1.79. The van der Waals surface area contributed by atoms with Crippen molar-refractivity contribution >= 4 is 18.4 Å². The van der Waals surface area contributed by atoms with Gasteiger partial charge in [-0.1, -0.05) is 6.07 Å². The summed E-state index contributed by atoms with van der Waals surface area (Å²) < 4.78 is 12.0. The molecule has 0 unspecified atom stereocenters. The van der Waals surface area contributed by atoms with E-state index < -0.39 is 0 Å². The highest BCUT2D eigenvalue weighted by molar-refractivity contribution is 7.71. The summed E-state index contributed by atoms with van der Waals surface area (Å²) in [4.78, 5) is 12.0. The Hall–Kier alpha value is -2.48. The first kappa shape index (κ1) is 15.9. The maximum atomic E-state index is 12.0. The average Bonchev–Trinajstić information content (AvgIpc) is 2.52. The van der Waals surface area contributed by atoms with Crippen LogP contribution in [-0.2, 0) is 0 Å². The van der Waals surface area contributed by atoms with Gasteiger partial charge in [0.05, 0.1) is 19.9 Å². The Morgan fingerprint density at radius 3 is 2.95 bits per heavy atom. The highest BCUT2D eigenvalue weighted by Crippen LogP contribution is 2.29. The Labute approximate surface area is 132 Å². The summed E-state index contributed by atoms with van der Waals surface area (Å²) in [7, 11) is 1.56. The van der Waals surface area contributed by atoms with Gasteiger partial charge in [0.2, 0.25) is 4.77 Å². The van der Waals surface area contributed by atoms with Gasteiger partial charge < -0.3 is 9.47 Å². The van der Waals surface area contributed by atoms with Crippen LogP contribution >= 0.6 is 12.2 Å². The van der Waals surface area contributed by atoms with Crippen LogP contribution < -0.4 is 15.0 Å². The lowest BCUT2D eigenvalue weighted by atomic mass is 10.2. The largest absolute Gasteiger partial charge is 0.493 e. The summed E-state index contributed by atoms with van der Waals surface area (Å²) in [5.74, 6) is 1.15. The van der Waals surface area contributed by atoms with Crippen LogP contribution in [0.1, 0.15) is 18.2 Å². The van der Waals surface area contributed by atoms with Gasteiger partial charge in [-0.05, 0) is 38.2 Å². The Bertz CT molecular complexity index is 810. The molecule has 1 N–H and O–H groups in total. The molecule has 1 aromatic carbocycles. The monoisotopic (exact) mass is 320 g/mol. The fraction of sp³-hybridized carbons (Fsp3) is 0.286. The molecule has 0 fully saturated rings. The van der Waals surface area contributed by atoms with E-state index in [2.05, 4.69) is 15.3 Å². The van der Waals surface area contributed by atoms with Crippen molar-refractivity contribution in [2.45, 2.75) is 13.8 Å². The molecule has 0 saturated carbocycles. The number of aromatic nitrogens is 3. The minimum atomic E-state index is -0.374. The number of ether oxygens (including phenoxy) is 2. The van der Waals surface area contributed by atoms with Crippen molar-refractivity contribution in [2.24, 2.45) is 5.10 Å². The van der Waals surface area contributed by atoms with Crippen molar-refractivity contribution in [3.05, 3.63) is 44.6 Å². The molecule has 0 atom stereocenters. The molecule has 8 heteroatoms. The van der Waals surface area contributed by atoms with Gasteiger partial charge in [0.1, 0.15) is 5.69 Å². The molecule has 0 amide bonds. The minimum absolute atomic E-state index is 0.118. The molecular formula is C14H16N4O3S. The molecule has 0 saturated heterocycles. The minimum Gasteiger partial charge on any atom is -0.493 e. The normalized spacial score (nSPS) is 10.9. The van der Waals surface area contributed by atoms with E-state index in [0.717, 1.165) is 4.68 Å². The van der Waals surface area contributed by atoms with E-state index in [1.807, 2.05) is 19.1 Å². The number of para-hydroxylation sites is 1. The van der Waals surface area contributed by atoms with Gasteiger partial charge in [0, 0.05) is 5.56 Å². The average molecular weight is 320 g/mol. The third kappa shape index (κ3) is 3.22. The Kier molecular flexibility index (Phi) is 5.05. The molecule has 116 valence electrons. The van der Waals surface area contributed by atoms with Crippen molar-refractivity contribution < 1.29 is 9.47 Å². The zero-order valence-corrected chi connectivity index (χ0v) is 13.3.